The van der Waals surface area contributed by atoms with Gasteiger partial charge in [0.05, 0.1) is 6.61 Å². The first-order valence-electron chi connectivity index (χ1n) is 4.75. The topological polar surface area (TPSA) is 58.0 Å². The van der Waals surface area contributed by atoms with Gasteiger partial charge in [0.2, 0.25) is 0 Å². The molecular weight excluding hydrogens is 210 g/mol. The lowest BCUT2D eigenvalue weighted by Gasteiger charge is -2.22. The van der Waals surface area contributed by atoms with Gasteiger partial charge in [-0.1, -0.05) is 11.8 Å². The van der Waals surface area contributed by atoms with E-state index >= 15 is 0 Å². The Labute approximate surface area is 94.5 Å². The van der Waals surface area contributed by atoms with Crippen molar-refractivity contribution >= 4 is 17.6 Å². The Hall–Kier alpha value is -0.810. The summed E-state index contributed by atoms with van der Waals surface area (Å²) in [5.74, 6) is 0.712. The van der Waals surface area contributed by atoms with E-state index in [4.69, 9.17) is 5.11 Å². The third kappa shape index (κ3) is 3.68. The van der Waals surface area contributed by atoms with Gasteiger partial charge < -0.3 is 10.4 Å². The number of hydrogen-bond donors (Lipinski definition) is 2. The van der Waals surface area contributed by atoms with Crippen LogP contribution in [0.25, 0.3) is 0 Å². The van der Waals surface area contributed by atoms with Gasteiger partial charge in [0.25, 0.3) is 0 Å². The van der Waals surface area contributed by atoms with E-state index in [-0.39, 0.29) is 12.1 Å². The number of nitrogens with one attached hydrogen (secondary N) is 1. The van der Waals surface area contributed by atoms with Crippen LogP contribution in [0.3, 0.4) is 0 Å². The lowest BCUT2D eigenvalue weighted by atomic mass is 10.1. The Morgan fingerprint density at radius 1 is 1.47 bits per heavy atom. The molecule has 0 fully saturated rings. The minimum atomic E-state index is -0.0754. The molecule has 0 bridgehead atoms. The molecule has 0 spiro atoms. The molecule has 1 aromatic heterocycles. The van der Waals surface area contributed by atoms with Crippen LogP contribution < -0.4 is 5.32 Å². The standard InChI is InChI=1S/C10H17N3OS/c1-10(2,3)13-8-7(6-14)5-11-9(12-8)15-4/h5,14H,6H2,1-4H3,(H,11,12,13). The average molecular weight is 227 g/mol. The van der Waals surface area contributed by atoms with E-state index < -0.39 is 0 Å². The number of thioether (sulfide) groups is 1. The van der Waals surface area contributed by atoms with Crippen molar-refractivity contribution in [3.8, 4) is 0 Å². The summed E-state index contributed by atoms with van der Waals surface area (Å²) < 4.78 is 0. The molecule has 4 nitrogen and oxygen atoms in total. The van der Waals surface area contributed by atoms with Crippen molar-refractivity contribution < 1.29 is 5.11 Å². The molecule has 2 N–H and O–H groups in total. The summed E-state index contributed by atoms with van der Waals surface area (Å²) in [4.78, 5) is 8.44. The van der Waals surface area contributed by atoms with E-state index in [0.29, 0.717) is 11.0 Å². The van der Waals surface area contributed by atoms with Crippen molar-refractivity contribution in [1.82, 2.24) is 9.97 Å². The molecule has 84 valence electrons. The van der Waals surface area contributed by atoms with E-state index in [1.54, 1.807) is 6.20 Å². The highest BCUT2D eigenvalue weighted by atomic mass is 32.2. The molecule has 0 aliphatic heterocycles. The number of aliphatic hydroxyl groups is 1. The Morgan fingerprint density at radius 2 is 2.13 bits per heavy atom. The second kappa shape index (κ2) is 4.81. The average Bonchev–Trinajstić information content (AvgIpc) is 2.15. The molecule has 0 radical (unpaired) electrons. The van der Waals surface area contributed by atoms with Gasteiger partial charge in [0.1, 0.15) is 5.82 Å². The molecule has 5 heteroatoms. The molecule has 0 saturated heterocycles. The quantitative estimate of drug-likeness (QED) is 0.610. The number of nitrogens with zero attached hydrogens (tertiary/aromatic N) is 2. The Kier molecular flexibility index (Phi) is 3.93. The molecular formula is C10H17N3OS. The van der Waals surface area contributed by atoms with Crippen LogP contribution in [0.5, 0.6) is 0 Å². The minimum absolute atomic E-state index is 0.0485. The fourth-order valence-corrected chi connectivity index (χ4v) is 1.41. The molecule has 0 aliphatic rings. The van der Waals surface area contributed by atoms with Gasteiger partial charge in [-0.2, -0.15) is 0 Å². The van der Waals surface area contributed by atoms with E-state index in [0.717, 1.165) is 5.56 Å². The first kappa shape index (κ1) is 12.3. The second-order valence-corrected chi connectivity index (χ2v) is 5.04. The molecule has 0 amide bonds. The summed E-state index contributed by atoms with van der Waals surface area (Å²) in [5.41, 5.74) is 0.649. The molecule has 1 rings (SSSR count). The van der Waals surface area contributed by atoms with Crippen molar-refractivity contribution in [3.63, 3.8) is 0 Å². The number of anilines is 1. The first-order chi connectivity index (χ1) is 6.96. The van der Waals surface area contributed by atoms with Crippen molar-refractivity contribution in [2.24, 2.45) is 0 Å². The number of hydrogen-bond acceptors (Lipinski definition) is 5. The normalized spacial score (nSPS) is 11.5. The Balaban J connectivity index is 3.01. The summed E-state index contributed by atoms with van der Waals surface area (Å²) in [6.45, 7) is 6.10. The predicted octanol–water partition coefficient (Wildman–Crippen LogP) is 1.90. The fourth-order valence-electron chi connectivity index (χ4n) is 1.07. The second-order valence-electron chi connectivity index (χ2n) is 4.26. The smallest absolute Gasteiger partial charge is 0.189 e. The molecule has 1 aromatic rings. The van der Waals surface area contributed by atoms with Gasteiger partial charge in [-0.05, 0) is 27.0 Å². The zero-order valence-corrected chi connectivity index (χ0v) is 10.4. The van der Waals surface area contributed by atoms with Crippen LogP contribution in [-0.2, 0) is 6.61 Å². The van der Waals surface area contributed by atoms with E-state index in [9.17, 15) is 0 Å². The van der Waals surface area contributed by atoms with Crippen LogP contribution in [0.1, 0.15) is 26.3 Å². The molecule has 1 heterocycles. The van der Waals surface area contributed by atoms with Crippen LogP contribution in [-0.4, -0.2) is 26.9 Å². The first-order valence-corrected chi connectivity index (χ1v) is 5.97. The van der Waals surface area contributed by atoms with Crippen LogP contribution in [0, 0.1) is 0 Å². The van der Waals surface area contributed by atoms with Gasteiger partial charge in [0.15, 0.2) is 5.16 Å². The Morgan fingerprint density at radius 3 is 2.60 bits per heavy atom. The van der Waals surface area contributed by atoms with Crippen molar-refractivity contribution in [2.45, 2.75) is 38.1 Å². The summed E-state index contributed by atoms with van der Waals surface area (Å²) in [5, 5.41) is 13.1. The van der Waals surface area contributed by atoms with Crippen LogP contribution in [0.15, 0.2) is 11.4 Å². The van der Waals surface area contributed by atoms with Crippen molar-refractivity contribution in [1.29, 1.82) is 0 Å². The predicted molar refractivity (Wildman–Crippen MR) is 63.1 cm³/mol. The maximum atomic E-state index is 9.15. The summed E-state index contributed by atoms with van der Waals surface area (Å²) in [7, 11) is 0. The van der Waals surface area contributed by atoms with Crippen molar-refractivity contribution in [3.05, 3.63) is 11.8 Å². The zero-order valence-electron chi connectivity index (χ0n) is 9.53. The number of aliphatic hydroxyl groups excluding tert-OH is 1. The van der Waals surface area contributed by atoms with Gasteiger partial charge in [0, 0.05) is 17.3 Å². The SMILES string of the molecule is CSc1ncc(CO)c(NC(C)(C)C)n1. The third-order valence-electron chi connectivity index (χ3n) is 1.69. The number of aromatic nitrogens is 2. The van der Waals surface area contributed by atoms with E-state index in [1.807, 2.05) is 6.26 Å². The molecule has 0 atom stereocenters. The summed E-state index contributed by atoms with van der Waals surface area (Å²) in [6.07, 6.45) is 3.59. The van der Waals surface area contributed by atoms with E-state index in [1.165, 1.54) is 11.8 Å². The van der Waals surface area contributed by atoms with Gasteiger partial charge in [-0.3, -0.25) is 0 Å². The maximum Gasteiger partial charge on any atom is 0.189 e. The third-order valence-corrected chi connectivity index (χ3v) is 2.25. The zero-order chi connectivity index (χ0) is 11.5. The highest BCUT2D eigenvalue weighted by Gasteiger charge is 2.14. The van der Waals surface area contributed by atoms with Crippen LogP contribution in [0.4, 0.5) is 5.82 Å². The van der Waals surface area contributed by atoms with Crippen LogP contribution in [0.2, 0.25) is 0 Å². The summed E-state index contributed by atoms with van der Waals surface area (Å²) in [6, 6.07) is 0. The monoisotopic (exact) mass is 227 g/mol. The number of rotatable bonds is 3. The van der Waals surface area contributed by atoms with Crippen molar-refractivity contribution in [2.75, 3.05) is 11.6 Å². The van der Waals surface area contributed by atoms with Gasteiger partial charge in [-0.25, -0.2) is 9.97 Å². The molecule has 0 aliphatic carbocycles. The lowest BCUT2D eigenvalue weighted by Crippen LogP contribution is -2.27. The minimum Gasteiger partial charge on any atom is -0.391 e. The largest absolute Gasteiger partial charge is 0.391 e. The Bertz CT molecular complexity index is 336. The summed E-state index contributed by atoms with van der Waals surface area (Å²) >= 11 is 1.48. The highest BCUT2D eigenvalue weighted by Crippen LogP contribution is 2.19. The maximum absolute atomic E-state index is 9.15. The van der Waals surface area contributed by atoms with Gasteiger partial charge >= 0.3 is 0 Å². The van der Waals surface area contributed by atoms with Crippen LogP contribution >= 0.6 is 11.8 Å². The van der Waals surface area contributed by atoms with E-state index in [2.05, 4.69) is 36.1 Å². The van der Waals surface area contributed by atoms with Gasteiger partial charge in [-0.15, -0.1) is 0 Å². The highest BCUT2D eigenvalue weighted by molar-refractivity contribution is 7.98. The molecule has 0 unspecified atom stereocenters. The fraction of sp³-hybridized carbons (Fsp3) is 0.600. The molecule has 0 saturated carbocycles. The lowest BCUT2D eigenvalue weighted by molar-refractivity contribution is 0.281. The molecule has 15 heavy (non-hydrogen) atoms. The molecule has 0 aromatic carbocycles.